The van der Waals surface area contributed by atoms with E-state index in [1.54, 1.807) is 4.57 Å². The SMILES string of the molecule is CCCc1cc[n+](CC(=O)Nc2cc(C(=O)OC)cc(C(=O)OC)c2)cc1. The van der Waals surface area contributed by atoms with Crippen LogP contribution >= 0.6 is 0 Å². The maximum atomic E-state index is 12.3. The van der Waals surface area contributed by atoms with Gasteiger partial charge in [-0.2, -0.15) is 4.57 Å². The molecular weight excluding hydrogens is 348 g/mol. The summed E-state index contributed by atoms with van der Waals surface area (Å²) in [6, 6.07) is 8.21. The van der Waals surface area contributed by atoms with E-state index in [0.717, 1.165) is 12.8 Å². The van der Waals surface area contributed by atoms with Crippen molar-refractivity contribution in [3.05, 3.63) is 59.4 Å². The molecule has 1 heterocycles. The Balaban J connectivity index is 2.15. The Kier molecular flexibility index (Phi) is 7.05. The lowest BCUT2D eigenvalue weighted by Gasteiger charge is -2.08. The largest absolute Gasteiger partial charge is 0.465 e. The average Bonchev–Trinajstić information content (AvgIpc) is 2.68. The molecule has 1 N–H and O–H groups in total. The average molecular weight is 371 g/mol. The summed E-state index contributed by atoms with van der Waals surface area (Å²) >= 11 is 0. The van der Waals surface area contributed by atoms with Crippen LogP contribution < -0.4 is 9.88 Å². The summed E-state index contributed by atoms with van der Waals surface area (Å²) in [6.07, 6.45) is 5.73. The van der Waals surface area contributed by atoms with E-state index in [0.29, 0.717) is 5.69 Å². The molecule has 0 aliphatic carbocycles. The van der Waals surface area contributed by atoms with Gasteiger partial charge in [0.15, 0.2) is 12.4 Å². The van der Waals surface area contributed by atoms with Crippen LogP contribution in [-0.2, 0) is 27.2 Å². The minimum absolute atomic E-state index is 0.0996. The zero-order valence-corrected chi connectivity index (χ0v) is 15.7. The quantitative estimate of drug-likeness (QED) is 0.595. The highest BCUT2D eigenvalue weighted by Crippen LogP contribution is 2.17. The van der Waals surface area contributed by atoms with Crippen LogP contribution in [-0.4, -0.2) is 32.1 Å². The highest BCUT2D eigenvalue weighted by molar-refractivity contribution is 5.99. The number of aryl methyl sites for hydroxylation is 1. The molecule has 2 aromatic rings. The molecule has 0 atom stereocenters. The predicted molar refractivity (Wildman–Crippen MR) is 98.4 cm³/mol. The third-order valence-electron chi connectivity index (χ3n) is 3.88. The third-order valence-corrected chi connectivity index (χ3v) is 3.88. The molecule has 0 saturated carbocycles. The number of methoxy groups -OCH3 is 2. The predicted octanol–water partition coefficient (Wildman–Crippen LogP) is 2.14. The van der Waals surface area contributed by atoms with Crippen LogP contribution in [0.4, 0.5) is 5.69 Å². The van der Waals surface area contributed by atoms with Crippen LogP contribution in [0.1, 0.15) is 39.6 Å². The van der Waals surface area contributed by atoms with E-state index in [4.69, 9.17) is 0 Å². The van der Waals surface area contributed by atoms with Gasteiger partial charge in [-0.15, -0.1) is 0 Å². The summed E-state index contributed by atoms with van der Waals surface area (Å²) in [4.78, 5) is 35.9. The lowest BCUT2D eigenvalue weighted by molar-refractivity contribution is -0.684. The second-order valence-corrected chi connectivity index (χ2v) is 5.96. The lowest BCUT2D eigenvalue weighted by Crippen LogP contribution is -2.39. The van der Waals surface area contributed by atoms with Crippen LogP contribution in [0.2, 0.25) is 0 Å². The van der Waals surface area contributed by atoms with Crippen molar-refractivity contribution < 1.29 is 28.4 Å². The summed E-state index contributed by atoms with van der Waals surface area (Å²) in [5, 5.41) is 2.69. The van der Waals surface area contributed by atoms with Crippen LogP contribution in [0.3, 0.4) is 0 Å². The van der Waals surface area contributed by atoms with Crippen molar-refractivity contribution in [3.8, 4) is 0 Å². The number of carbonyl (C=O) groups is 3. The number of pyridine rings is 1. The molecule has 7 heteroatoms. The number of hydrogen-bond acceptors (Lipinski definition) is 5. The first-order valence-electron chi connectivity index (χ1n) is 8.56. The van der Waals surface area contributed by atoms with Gasteiger partial charge in [-0.25, -0.2) is 9.59 Å². The Hall–Kier alpha value is -3.22. The summed E-state index contributed by atoms with van der Waals surface area (Å²) in [7, 11) is 2.48. The fourth-order valence-electron chi connectivity index (χ4n) is 2.59. The number of ether oxygens (including phenoxy) is 2. The number of nitrogens with zero attached hydrogens (tertiary/aromatic N) is 1. The first kappa shape index (κ1) is 20.1. The van der Waals surface area contributed by atoms with Gasteiger partial charge >= 0.3 is 11.9 Å². The first-order chi connectivity index (χ1) is 13.0. The van der Waals surface area contributed by atoms with Gasteiger partial charge in [-0.3, -0.25) is 4.79 Å². The number of nitrogens with one attached hydrogen (secondary N) is 1. The lowest BCUT2D eigenvalue weighted by atomic mass is 10.1. The van der Waals surface area contributed by atoms with Gasteiger partial charge in [0.05, 0.1) is 25.3 Å². The Morgan fingerprint density at radius 1 is 0.963 bits per heavy atom. The Labute approximate surface area is 157 Å². The molecule has 1 aromatic carbocycles. The maximum absolute atomic E-state index is 12.3. The second kappa shape index (κ2) is 9.47. The molecule has 142 valence electrons. The topological polar surface area (TPSA) is 85.6 Å². The number of benzene rings is 1. The summed E-state index contributed by atoms with van der Waals surface area (Å²) in [5.74, 6) is -1.52. The maximum Gasteiger partial charge on any atom is 0.337 e. The fraction of sp³-hybridized carbons (Fsp3) is 0.300. The molecule has 0 aliphatic rings. The molecule has 0 bridgehead atoms. The van der Waals surface area contributed by atoms with Crippen LogP contribution in [0.5, 0.6) is 0 Å². The van der Waals surface area contributed by atoms with E-state index in [1.165, 1.54) is 38.0 Å². The normalized spacial score (nSPS) is 10.2. The number of amides is 1. The first-order valence-corrected chi connectivity index (χ1v) is 8.56. The van der Waals surface area contributed by atoms with Crippen molar-refractivity contribution >= 4 is 23.5 Å². The smallest absolute Gasteiger partial charge is 0.337 e. The zero-order chi connectivity index (χ0) is 19.8. The summed E-state index contributed by atoms with van der Waals surface area (Å²) in [6.45, 7) is 2.21. The molecule has 1 aromatic heterocycles. The van der Waals surface area contributed by atoms with Gasteiger partial charge in [-0.1, -0.05) is 13.3 Å². The van der Waals surface area contributed by atoms with Gasteiger partial charge in [-0.05, 0) is 30.2 Å². The highest BCUT2D eigenvalue weighted by Gasteiger charge is 2.16. The zero-order valence-electron chi connectivity index (χ0n) is 15.7. The Morgan fingerprint density at radius 3 is 2.00 bits per heavy atom. The van der Waals surface area contributed by atoms with E-state index in [1.807, 2.05) is 24.5 Å². The molecular formula is C20H23N2O5+. The molecule has 0 fully saturated rings. The number of esters is 2. The van der Waals surface area contributed by atoms with Gasteiger partial charge in [0.1, 0.15) is 0 Å². The number of anilines is 1. The van der Waals surface area contributed by atoms with Crippen molar-refractivity contribution in [3.63, 3.8) is 0 Å². The standard InChI is InChI=1S/C20H22N2O5/c1-4-5-14-6-8-22(9-7-14)13-18(23)21-17-11-15(19(24)26-2)10-16(12-17)20(25)27-3/h6-12H,4-5,13H2,1-3H3/p+1. The summed E-state index contributed by atoms with van der Waals surface area (Å²) < 4.78 is 11.1. The van der Waals surface area contributed by atoms with E-state index in [2.05, 4.69) is 21.7 Å². The van der Waals surface area contributed by atoms with Crippen LogP contribution in [0.25, 0.3) is 0 Å². The van der Waals surface area contributed by atoms with E-state index >= 15 is 0 Å². The Morgan fingerprint density at radius 2 is 1.52 bits per heavy atom. The minimum Gasteiger partial charge on any atom is -0.465 e. The number of carbonyl (C=O) groups excluding carboxylic acids is 3. The van der Waals surface area contributed by atoms with Gasteiger partial charge in [0, 0.05) is 17.8 Å². The molecule has 0 spiro atoms. The number of rotatable bonds is 7. The number of hydrogen-bond donors (Lipinski definition) is 1. The second-order valence-electron chi connectivity index (χ2n) is 5.96. The van der Waals surface area contributed by atoms with Crippen LogP contribution in [0, 0.1) is 0 Å². The molecule has 0 unspecified atom stereocenters. The van der Waals surface area contributed by atoms with E-state index in [-0.39, 0.29) is 23.6 Å². The monoisotopic (exact) mass is 371 g/mol. The Bertz CT molecular complexity index is 797. The summed E-state index contributed by atoms with van der Waals surface area (Å²) in [5.41, 5.74) is 1.81. The van der Waals surface area contributed by atoms with Crippen LogP contribution in [0.15, 0.2) is 42.7 Å². The van der Waals surface area contributed by atoms with Crippen molar-refractivity contribution in [1.29, 1.82) is 0 Å². The van der Waals surface area contributed by atoms with Gasteiger partial charge < -0.3 is 14.8 Å². The van der Waals surface area contributed by atoms with Crippen molar-refractivity contribution in [2.45, 2.75) is 26.3 Å². The molecule has 0 aliphatic heterocycles. The molecule has 1 amide bonds. The molecule has 0 radical (unpaired) electrons. The van der Waals surface area contributed by atoms with Crippen molar-refractivity contribution in [2.75, 3.05) is 19.5 Å². The van der Waals surface area contributed by atoms with Gasteiger partial charge in [0.2, 0.25) is 6.54 Å². The number of aromatic nitrogens is 1. The van der Waals surface area contributed by atoms with Gasteiger partial charge in [0.25, 0.3) is 5.91 Å². The van der Waals surface area contributed by atoms with Crippen molar-refractivity contribution in [1.82, 2.24) is 0 Å². The minimum atomic E-state index is -0.614. The molecule has 2 rings (SSSR count). The third kappa shape index (κ3) is 5.64. The molecule has 27 heavy (non-hydrogen) atoms. The van der Waals surface area contributed by atoms with E-state index in [9.17, 15) is 14.4 Å². The molecule has 0 saturated heterocycles. The molecule has 7 nitrogen and oxygen atoms in total. The fourth-order valence-corrected chi connectivity index (χ4v) is 2.59. The van der Waals surface area contributed by atoms with E-state index < -0.39 is 11.9 Å². The highest BCUT2D eigenvalue weighted by atomic mass is 16.5. The van der Waals surface area contributed by atoms with Crippen molar-refractivity contribution in [2.24, 2.45) is 0 Å².